The smallest absolute Gasteiger partial charge is 0.0948 e. The highest BCUT2D eigenvalue weighted by molar-refractivity contribution is 7.84. The molecule has 0 saturated carbocycles. The number of rotatable bonds is 8. The Morgan fingerprint density at radius 3 is 3.12 bits per heavy atom. The first-order chi connectivity index (χ1) is 7.74. The summed E-state index contributed by atoms with van der Waals surface area (Å²) in [4.78, 5) is 4.09. The van der Waals surface area contributed by atoms with E-state index in [-0.39, 0.29) is 0 Å². The van der Waals surface area contributed by atoms with Crippen molar-refractivity contribution in [2.45, 2.75) is 13.1 Å². The summed E-state index contributed by atoms with van der Waals surface area (Å²) in [5, 5.41) is 3.26. The third-order valence-corrected chi connectivity index (χ3v) is 2.96. The molecule has 0 aromatic carbocycles. The third kappa shape index (κ3) is 4.87. The van der Waals surface area contributed by atoms with Gasteiger partial charge in [0.1, 0.15) is 0 Å². The second-order valence-electron chi connectivity index (χ2n) is 3.53. The molecule has 0 amide bonds. The molecule has 0 radical (unpaired) electrons. The minimum absolute atomic E-state index is 0.668. The van der Waals surface area contributed by atoms with Crippen molar-refractivity contribution in [2.24, 2.45) is 0 Å². The fourth-order valence-corrected chi connectivity index (χ4v) is 1.77. The van der Waals surface area contributed by atoms with Crippen molar-refractivity contribution in [3.05, 3.63) is 18.2 Å². The van der Waals surface area contributed by atoms with Gasteiger partial charge in [-0.25, -0.2) is 4.98 Å². The highest BCUT2D eigenvalue weighted by Crippen LogP contribution is 1.99. The van der Waals surface area contributed by atoms with Crippen molar-refractivity contribution in [1.82, 2.24) is 14.9 Å². The molecule has 92 valence electrons. The van der Waals surface area contributed by atoms with Crippen LogP contribution in [-0.2, 0) is 28.6 Å². The molecular weight excluding hydrogens is 226 g/mol. The van der Waals surface area contributed by atoms with Gasteiger partial charge in [0, 0.05) is 55.7 Å². The standard InChI is InChI=1S/C10H19N3O2S/c1-15-5-3-11-7-10-8-12-9-13(10)4-6-16(2)14/h8-9,11H,3-7H2,1-2H3. The van der Waals surface area contributed by atoms with E-state index in [2.05, 4.69) is 10.3 Å². The second kappa shape index (κ2) is 7.54. The quantitative estimate of drug-likeness (QED) is 0.655. The van der Waals surface area contributed by atoms with Gasteiger partial charge >= 0.3 is 0 Å². The van der Waals surface area contributed by atoms with Crippen LogP contribution in [0.5, 0.6) is 0 Å². The second-order valence-corrected chi connectivity index (χ2v) is 5.08. The summed E-state index contributed by atoms with van der Waals surface area (Å²) in [7, 11) is 0.927. The predicted molar refractivity (Wildman–Crippen MR) is 64.7 cm³/mol. The molecule has 0 aliphatic rings. The average molecular weight is 245 g/mol. The predicted octanol–water partition coefficient (Wildman–Crippen LogP) is -0.00240. The largest absolute Gasteiger partial charge is 0.383 e. The minimum atomic E-state index is -0.756. The van der Waals surface area contributed by atoms with E-state index in [1.54, 1.807) is 19.7 Å². The first kappa shape index (κ1) is 13.3. The maximum absolute atomic E-state index is 11.0. The van der Waals surface area contributed by atoms with Crippen LogP contribution in [0.4, 0.5) is 0 Å². The summed E-state index contributed by atoms with van der Waals surface area (Å²) in [6.07, 6.45) is 5.33. The van der Waals surface area contributed by atoms with E-state index in [1.165, 1.54) is 0 Å². The Morgan fingerprint density at radius 2 is 2.44 bits per heavy atom. The Morgan fingerprint density at radius 1 is 1.62 bits per heavy atom. The monoisotopic (exact) mass is 245 g/mol. The molecule has 1 rings (SSSR count). The number of aromatic nitrogens is 2. The molecule has 0 bridgehead atoms. The fourth-order valence-electron chi connectivity index (χ4n) is 1.31. The molecule has 1 atom stereocenters. The van der Waals surface area contributed by atoms with Crippen LogP contribution in [0.2, 0.25) is 0 Å². The maximum atomic E-state index is 11.0. The van der Waals surface area contributed by atoms with Crippen LogP contribution < -0.4 is 5.32 Å². The lowest BCUT2D eigenvalue weighted by atomic mass is 10.4. The van der Waals surface area contributed by atoms with E-state index in [4.69, 9.17) is 4.74 Å². The molecule has 1 heterocycles. The highest BCUT2D eigenvalue weighted by Gasteiger charge is 2.02. The van der Waals surface area contributed by atoms with Crippen LogP contribution in [0.25, 0.3) is 0 Å². The average Bonchev–Trinajstić information content (AvgIpc) is 2.69. The van der Waals surface area contributed by atoms with Crippen molar-refractivity contribution in [1.29, 1.82) is 0 Å². The molecule has 16 heavy (non-hydrogen) atoms. The lowest BCUT2D eigenvalue weighted by Gasteiger charge is -2.08. The van der Waals surface area contributed by atoms with Gasteiger partial charge in [0.2, 0.25) is 0 Å². The normalized spacial score (nSPS) is 12.9. The lowest BCUT2D eigenvalue weighted by Crippen LogP contribution is -2.21. The molecule has 0 aliphatic carbocycles. The minimum Gasteiger partial charge on any atom is -0.383 e. The molecule has 1 aromatic heterocycles. The first-order valence-corrected chi connectivity index (χ1v) is 6.95. The number of nitrogens with one attached hydrogen (secondary N) is 1. The van der Waals surface area contributed by atoms with Crippen LogP contribution >= 0.6 is 0 Å². The van der Waals surface area contributed by atoms with Gasteiger partial charge < -0.3 is 14.6 Å². The molecule has 1 N–H and O–H groups in total. The molecule has 0 spiro atoms. The number of ether oxygens (including phenoxy) is 1. The van der Waals surface area contributed by atoms with Crippen LogP contribution in [0.3, 0.4) is 0 Å². The molecule has 6 heteroatoms. The van der Waals surface area contributed by atoms with Crippen molar-refractivity contribution < 1.29 is 8.95 Å². The summed E-state index contributed by atoms with van der Waals surface area (Å²) in [5.41, 5.74) is 1.11. The fraction of sp³-hybridized carbons (Fsp3) is 0.700. The number of aryl methyl sites for hydroxylation is 1. The number of nitrogens with zero attached hydrogens (tertiary/aromatic N) is 2. The van der Waals surface area contributed by atoms with E-state index in [0.29, 0.717) is 12.4 Å². The van der Waals surface area contributed by atoms with E-state index >= 15 is 0 Å². The number of hydrogen-bond acceptors (Lipinski definition) is 4. The Labute approximate surface area is 98.7 Å². The summed E-state index contributed by atoms with van der Waals surface area (Å²) in [5.74, 6) is 0.668. The van der Waals surface area contributed by atoms with Gasteiger partial charge in [0.15, 0.2) is 0 Å². The Kier molecular flexibility index (Phi) is 6.29. The van der Waals surface area contributed by atoms with Crippen LogP contribution in [0.15, 0.2) is 12.5 Å². The van der Waals surface area contributed by atoms with E-state index in [1.807, 2.05) is 10.8 Å². The zero-order valence-corrected chi connectivity index (χ0v) is 10.6. The van der Waals surface area contributed by atoms with Crippen molar-refractivity contribution in [3.63, 3.8) is 0 Å². The Balaban J connectivity index is 2.35. The van der Waals surface area contributed by atoms with Gasteiger partial charge in [-0.2, -0.15) is 0 Å². The SMILES string of the molecule is COCCNCc1cncn1CCS(C)=O. The molecule has 0 aliphatic heterocycles. The molecule has 0 saturated heterocycles. The summed E-state index contributed by atoms with van der Waals surface area (Å²) < 4.78 is 18.0. The summed E-state index contributed by atoms with van der Waals surface area (Å²) >= 11 is 0. The van der Waals surface area contributed by atoms with Gasteiger partial charge in [-0.1, -0.05) is 0 Å². The van der Waals surface area contributed by atoms with Gasteiger partial charge in [0.05, 0.1) is 18.6 Å². The van der Waals surface area contributed by atoms with E-state index in [0.717, 1.165) is 25.3 Å². The molecule has 1 unspecified atom stereocenters. The van der Waals surface area contributed by atoms with Gasteiger partial charge in [-0.3, -0.25) is 4.21 Å². The lowest BCUT2D eigenvalue weighted by molar-refractivity contribution is 0.199. The Bertz CT molecular complexity index is 328. The van der Waals surface area contributed by atoms with Crippen molar-refractivity contribution in [2.75, 3.05) is 32.3 Å². The van der Waals surface area contributed by atoms with E-state index in [9.17, 15) is 4.21 Å². The zero-order chi connectivity index (χ0) is 11.8. The van der Waals surface area contributed by atoms with Gasteiger partial charge in [0.25, 0.3) is 0 Å². The highest BCUT2D eigenvalue weighted by atomic mass is 32.2. The first-order valence-electron chi connectivity index (χ1n) is 5.22. The number of imidazole rings is 1. The molecule has 1 aromatic rings. The molecule has 5 nitrogen and oxygen atoms in total. The Hall–Kier alpha value is -0.720. The van der Waals surface area contributed by atoms with Gasteiger partial charge in [-0.05, 0) is 0 Å². The van der Waals surface area contributed by atoms with E-state index < -0.39 is 10.8 Å². The molecule has 0 fully saturated rings. The van der Waals surface area contributed by atoms with Gasteiger partial charge in [-0.15, -0.1) is 0 Å². The number of methoxy groups -OCH3 is 1. The van der Waals surface area contributed by atoms with Crippen LogP contribution in [-0.4, -0.2) is 46.0 Å². The summed E-state index contributed by atoms with van der Waals surface area (Å²) in [6, 6.07) is 0. The summed E-state index contributed by atoms with van der Waals surface area (Å²) in [6.45, 7) is 3.04. The topological polar surface area (TPSA) is 56.1 Å². The third-order valence-electron chi connectivity index (χ3n) is 2.21. The van der Waals surface area contributed by atoms with Crippen molar-refractivity contribution >= 4 is 10.8 Å². The molecular formula is C10H19N3O2S. The number of hydrogen-bond donors (Lipinski definition) is 1. The van der Waals surface area contributed by atoms with Crippen LogP contribution in [0.1, 0.15) is 5.69 Å². The van der Waals surface area contributed by atoms with Crippen molar-refractivity contribution in [3.8, 4) is 0 Å². The van der Waals surface area contributed by atoms with Crippen LogP contribution in [0, 0.1) is 0 Å². The zero-order valence-electron chi connectivity index (χ0n) is 9.81. The maximum Gasteiger partial charge on any atom is 0.0948 e.